The fourth-order valence-corrected chi connectivity index (χ4v) is 11.3. The van der Waals surface area contributed by atoms with E-state index in [0.29, 0.717) is 0 Å². The molecule has 13 rings (SSSR count). The maximum Gasteiger partial charge on any atom is 0.134 e. The van der Waals surface area contributed by atoms with Crippen LogP contribution in [0.2, 0.25) is 0 Å². The highest BCUT2D eigenvalue weighted by atomic mass is 16.5. The third-order valence-corrected chi connectivity index (χ3v) is 15.1. The summed E-state index contributed by atoms with van der Waals surface area (Å²) in [6.45, 7) is 2.13. The molecule has 0 amide bonds. The van der Waals surface area contributed by atoms with E-state index in [4.69, 9.17) is 15.9 Å². The van der Waals surface area contributed by atoms with Crippen molar-refractivity contribution in [2.45, 2.75) is 12.3 Å². The van der Waals surface area contributed by atoms with Crippen LogP contribution in [0.3, 0.4) is 0 Å². The van der Waals surface area contributed by atoms with Gasteiger partial charge in [0.2, 0.25) is 0 Å². The van der Waals surface area contributed by atoms with Gasteiger partial charge in [-0.2, -0.15) is 0 Å². The summed E-state index contributed by atoms with van der Waals surface area (Å²) in [6, 6.07) is 98.3. The second-order valence-corrected chi connectivity index (χ2v) is 19.6. The molecule has 0 fully saturated rings. The summed E-state index contributed by atoms with van der Waals surface area (Å²) in [5, 5.41) is 0. The van der Waals surface area contributed by atoms with Gasteiger partial charge in [-0.25, -0.2) is 0 Å². The number of terminal acetylenes is 1. The molecule has 4 nitrogen and oxygen atoms in total. The van der Waals surface area contributed by atoms with Crippen molar-refractivity contribution in [2.75, 3.05) is 9.80 Å². The molecule has 11 aromatic rings. The Morgan fingerprint density at radius 2 is 0.705 bits per heavy atom. The molecule has 0 saturated heterocycles. The highest BCUT2D eigenvalue weighted by Crippen LogP contribution is 2.61. The predicted molar refractivity (Wildman–Crippen MR) is 321 cm³/mol. The first kappa shape index (κ1) is 47.4. The van der Waals surface area contributed by atoms with Gasteiger partial charge in [0.15, 0.2) is 0 Å². The van der Waals surface area contributed by atoms with Crippen LogP contribution in [0, 0.1) is 12.3 Å². The normalized spacial score (nSPS) is 12.9. The molecule has 2 heterocycles. The summed E-state index contributed by atoms with van der Waals surface area (Å²) < 4.78 is 13.6. The van der Waals surface area contributed by atoms with Gasteiger partial charge in [0.1, 0.15) is 23.0 Å². The van der Waals surface area contributed by atoms with E-state index in [9.17, 15) is 0 Å². The molecule has 11 aromatic carbocycles. The van der Waals surface area contributed by atoms with E-state index in [1.165, 1.54) is 22.3 Å². The topological polar surface area (TPSA) is 24.9 Å². The number of hydrogen-bond acceptors (Lipinski definition) is 4. The summed E-state index contributed by atoms with van der Waals surface area (Å²) in [5.74, 6) is 6.15. The number of anilines is 5. The Labute approximate surface area is 456 Å². The standard InChI is InChI=1S/C74H52N2O2/c1-3-53(54-19-7-4-8-20-54)32-31-52(2)75(65-49-50-69-73(51-65)78-72-30-18-15-27-68(72)74(69)66-25-13-16-28-70(66)77-71-29-17-14-26-67(71)74)61-41-33-59(34-42-61)60-39-47-64(48-40-60)76(62-43-35-57(36-44-62)55-21-9-5-10-22-55)63-45-37-58(38-46-63)56-23-11-6-12-24-56/h1,4-51H,2H3. The maximum absolute atomic E-state index is 6.99. The van der Waals surface area contributed by atoms with Crippen LogP contribution in [0.1, 0.15) is 34.7 Å². The molecule has 4 heteroatoms. The van der Waals surface area contributed by atoms with Gasteiger partial charge in [0.25, 0.3) is 0 Å². The maximum atomic E-state index is 6.99. The molecule has 0 unspecified atom stereocenters. The highest BCUT2D eigenvalue weighted by molar-refractivity contribution is 5.84. The van der Waals surface area contributed by atoms with Crippen LogP contribution in [0.4, 0.5) is 28.4 Å². The van der Waals surface area contributed by atoms with Gasteiger partial charge in [-0.05, 0) is 131 Å². The van der Waals surface area contributed by atoms with Crippen molar-refractivity contribution in [3.8, 4) is 68.7 Å². The Morgan fingerprint density at radius 3 is 1.14 bits per heavy atom. The second-order valence-electron chi connectivity index (χ2n) is 19.6. The zero-order chi connectivity index (χ0) is 52.4. The average Bonchev–Trinajstić information content (AvgIpc) is 3.51. The minimum absolute atomic E-state index is 0.696. The third kappa shape index (κ3) is 8.60. The molecule has 2 aliphatic rings. The molecule has 0 atom stereocenters. The zero-order valence-corrected chi connectivity index (χ0v) is 43.0. The summed E-state index contributed by atoms with van der Waals surface area (Å²) in [6.07, 6.45) is 10.3. The van der Waals surface area contributed by atoms with Crippen LogP contribution < -0.4 is 19.3 Å². The molecule has 0 aromatic heterocycles. The Morgan fingerprint density at radius 1 is 0.359 bits per heavy atom. The van der Waals surface area contributed by atoms with Gasteiger partial charge in [-0.3, -0.25) is 0 Å². The first-order chi connectivity index (χ1) is 38.5. The number of fused-ring (bicyclic) bond motifs is 8. The zero-order valence-electron chi connectivity index (χ0n) is 43.0. The molecule has 1 spiro atoms. The van der Waals surface area contributed by atoms with Crippen molar-refractivity contribution >= 4 is 34.0 Å². The number of ether oxygens (including phenoxy) is 2. The molecule has 0 bridgehead atoms. The summed E-state index contributed by atoms with van der Waals surface area (Å²) in [4.78, 5) is 4.60. The Kier molecular flexibility index (Phi) is 12.4. The molecule has 0 saturated carbocycles. The van der Waals surface area contributed by atoms with Crippen molar-refractivity contribution in [1.29, 1.82) is 0 Å². The molecule has 78 heavy (non-hydrogen) atoms. The van der Waals surface area contributed by atoms with Gasteiger partial charge in [-0.15, -0.1) is 6.42 Å². The fourth-order valence-electron chi connectivity index (χ4n) is 11.3. The lowest BCUT2D eigenvalue weighted by Gasteiger charge is -2.45. The average molecular weight is 1000 g/mol. The highest BCUT2D eigenvalue weighted by Gasteiger charge is 2.50. The first-order valence-corrected chi connectivity index (χ1v) is 26.3. The lowest BCUT2D eigenvalue weighted by Crippen LogP contribution is -2.36. The van der Waals surface area contributed by atoms with Crippen molar-refractivity contribution in [2.24, 2.45) is 0 Å². The van der Waals surface area contributed by atoms with Crippen LogP contribution >= 0.6 is 0 Å². The first-order valence-electron chi connectivity index (χ1n) is 26.3. The Hall–Kier alpha value is -10.3. The molecule has 2 aliphatic heterocycles. The van der Waals surface area contributed by atoms with Gasteiger partial charge in [0, 0.05) is 68.0 Å². The number of para-hydroxylation sites is 3. The smallest absolute Gasteiger partial charge is 0.134 e. The minimum Gasteiger partial charge on any atom is -0.457 e. The van der Waals surface area contributed by atoms with E-state index >= 15 is 0 Å². The number of allylic oxidation sites excluding steroid dienone is 4. The largest absolute Gasteiger partial charge is 0.457 e. The molecule has 0 aliphatic carbocycles. The molecule has 370 valence electrons. The third-order valence-electron chi connectivity index (χ3n) is 15.1. The fraction of sp³-hybridized carbons (Fsp3) is 0.0270. The lowest BCUT2D eigenvalue weighted by atomic mass is 9.62. The quantitative estimate of drug-likeness (QED) is 0.0952. The molecule has 0 N–H and O–H groups in total. The van der Waals surface area contributed by atoms with Crippen LogP contribution in [0.15, 0.2) is 297 Å². The van der Waals surface area contributed by atoms with Crippen molar-refractivity contribution in [1.82, 2.24) is 0 Å². The van der Waals surface area contributed by atoms with Gasteiger partial charge >= 0.3 is 0 Å². The van der Waals surface area contributed by atoms with E-state index in [2.05, 4.69) is 259 Å². The van der Waals surface area contributed by atoms with Gasteiger partial charge < -0.3 is 19.3 Å². The van der Waals surface area contributed by atoms with Crippen LogP contribution in [0.25, 0.3) is 39.0 Å². The van der Waals surface area contributed by atoms with Crippen LogP contribution in [0.5, 0.6) is 23.0 Å². The van der Waals surface area contributed by atoms with E-state index in [-0.39, 0.29) is 0 Å². The number of rotatable bonds is 11. The van der Waals surface area contributed by atoms with Gasteiger partial charge in [0.05, 0.1) is 5.41 Å². The number of hydrogen-bond donors (Lipinski definition) is 0. The van der Waals surface area contributed by atoms with E-state index in [1.54, 1.807) is 0 Å². The number of benzene rings is 11. The lowest BCUT2D eigenvalue weighted by molar-refractivity contribution is 0.399. The van der Waals surface area contributed by atoms with E-state index < -0.39 is 5.41 Å². The van der Waals surface area contributed by atoms with Gasteiger partial charge in [-0.1, -0.05) is 206 Å². The number of nitrogens with zero attached hydrogens (tertiary/aromatic N) is 2. The van der Waals surface area contributed by atoms with Crippen LogP contribution in [-0.2, 0) is 5.41 Å². The minimum atomic E-state index is -0.696. The Bertz CT molecular complexity index is 3920. The summed E-state index contributed by atoms with van der Waals surface area (Å²) >= 11 is 0. The van der Waals surface area contributed by atoms with Crippen molar-refractivity contribution in [3.63, 3.8) is 0 Å². The predicted octanol–water partition coefficient (Wildman–Crippen LogP) is 19.5. The molecule has 0 radical (unpaired) electrons. The molecular weight excluding hydrogens is 949 g/mol. The summed E-state index contributed by atoms with van der Waals surface area (Å²) in [5.41, 5.74) is 18.4. The molecular formula is C74H52N2O2. The second kappa shape index (κ2) is 20.4. The summed E-state index contributed by atoms with van der Waals surface area (Å²) in [7, 11) is 0. The van der Waals surface area contributed by atoms with E-state index in [0.717, 1.165) is 102 Å². The van der Waals surface area contributed by atoms with Crippen molar-refractivity contribution in [3.05, 3.63) is 325 Å². The Balaban J connectivity index is 0.877. The van der Waals surface area contributed by atoms with Crippen molar-refractivity contribution < 1.29 is 9.47 Å². The SMILES string of the molecule is C#CC(=CC=C(C)N(c1ccc(-c2ccc(N(c3ccc(-c4ccccc4)cc3)c3ccc(-c4ccccc4)cc3)cc2)cc1)c1ccc2c(c1)Oc1ccccc1C21c2ccccc2Oc2ccccc21)c1ccccc1. The van der Waals surface area contributed by atoms with E-state index in [1.807, 2.05) is 54.6 Å². The monoisotopic (exact) mass is 1000 g/mol. The van der Waals surface area contributed by atoms with Crippen LogP contribution in [-0.4, -0.2) is 0 Å².